The fraction of sp³-hybridized carbons (Fsp3) is 0.533. The first kappa shape index (κ1) is 16.6. The second-order valence-electron chi connectivity index (χ2n) is 4.92. The first-order valence-corrected chi connectivity index (χ1v) is 6.75. The maximum atomic E-state index is 14.0. The Morgan fingerprint density at radius 3 is 2.55 bits per heavy atom. The molecule has 5 heteroatoms. The van der Waals surface area contributed by atoms with Crippen LogP contribution in [0.4, 0.5) is 8.78 Å². The van der Waals surface area contributed by atoms with Gasteiger partial charge in [-0.25, -0.2) is 13.6 Å². The second-order valence-corrected chi connectivity index (χ2v) is 4.92. The first-order valence-electron chi connectivity index (χ1n) is 6.75. The molecule has 0 aromatic heterocycles. The Morgan fingerprint density at radius 2 is 2.05 bits per heavy atom. The molecule has 20 heavy (non-hydrogen) atoms. The van der Waals surface area contributed by atoms with Crippen molar-refractivity contribution in [1.29, 1.82) is 0 Å². The number of esters is 1. The van der Waals surface area contributed by atoms with Crippen LogP contribution in [-0.2, 0) is 15.1 Å². The van der Waals surface area contributed by atoms with E-state index >= 15 is 0 Å². The first-order chi connectivity index (χ1) is 9.35. The Hall–Kier alpha value is -1.49. The van der Waals surface area contributed by atoms with Gasteiger partial charge < -0.3 is 4.74 Å². The lowest BCUT2D eigenvalue weighted by atomic mass is 9.90. The molecular weight excluding hydrogens is 264 g/mol. The Balaban J connectivity index is 3.25. The average Bonchev–Trinajstić information content (AvgIpc) is 2.38. The normalized spacial score (nSPS) is 15.5. The number of nitrogens with one attached hydrogen (secondary N) is 1. The molecule has 1 rings (SSSR count). The molecule has 0 radical (unpaired) electrons. The van der Waals surface area contributed by atoms with Crippen LogP contribution in [-0.4, -0.2) is 18.6 Å². The standard InChI is InChI=1S/C15H21F2NO2/c1-5-10(3)18-15(4,14(19)20-6-2)12-8-7-11(16)9-13(12)17/h7-10,18H,5-6H2,1-4H3. The van der Waals surface area contributed by atoms with Gasteiger partial charge in [0.05, 0.1) is 6.61 Å². The Labute approximate surface area is 118 Å². The van der Waals surface area contributed by atoms with Gasteiger partial charge in [0.15, 0.2) is 0 Å². The van der Waals surface area contributed by atoms with Crippen molar-refractivity contribution in [2.75, 3.05) is 6.61 Å². The number of ether oxygens (including phenoxy) is 1. The van der Waals surface area contributed by atoms with Crippen molar-refractivity contribution >= 4 is 5.97 Å². The summed E-state index contributed by atoms with van der Waals surface area (Å²) in [6, 6.07) is 3.16. The summed E-state index contributed by atoms with van der Waals surface area (Å²) in [5.74, 6) is -2.02. The van der Waals surface area contributed by atoms with Crippen LogP contribution in [0.2, 0.25) is 0 Å². The minimum atomic E-state index is -1.34. The van der Waals surface area contributed by atoms with Crippen molar-refractivity contribution in [1.82, 2.24) is 5.32 Å². The molecule has 0 aliphatic rings. The van der Waals surface area contributed by atoms with Gasteiger partial charge in [0.25, 0.3) is 0 Å². The van der Waals surface area contributed by atoms with Crippen LogP contribution in [0, 0.1) is 11.6 Å². The van der Waals surface area contributed by atoms with E-state index in [1.807, 2.05) is 13.8 Å². The number of halogens is 2. The number of carbonyl (C=O) groups excluding carboxylic acids is 1. The SMILES string of the molecule is CCOC(=O)C(C)(NC(C)CC)c1ccc(F)cc1F. The Morgan fingerprint density at radius 1 is 1.40 bits per heavy atom. The van der Waals surface area contributed by atoms with Gasteiger partial charge in [0.1, 0.15) is 17.2 Å². The lowest BCUT2D eigenvalue weighted by Gasteiger charge is -2.32. The van der Waals surface area contributed by atoms with E-state index in [1.54, 1.807) is 13.8 Å². The highest BCUT2D eigenvalue weighted by atomic mass is 19.1. The van der Waals surface area contributed by atoms with Crippen LogP contribution in [0.25, 0.3) is 0 Å². The third-order valence-electron chi connectivity index (χ3n) is 3.30. The second kappa shape index (κ2) is 6.79. The molecule has 2 atom stereocenters. The largest absolute Gasteiger partial charge is 0.464 e. The molecule has 1 aromatic carbocycles. The Kier molecular flexibility index (Phi) is 5.62. The number of rotatable bonds is 6. The van der Waals surface area contributed by atoms with Crippen LogP contribution in [0.15, 0.2) is 18.2 Å². The van der Waals surface area contributed by atoms with Crippen LogP contribution in [0.1, 0.15) is 39.7 Å². The van der Waals surface area contributed by atoms with Gasteiger partial charge in [-0.15, -0.1) is 0 Å². The van der Waals surface area contributed by atoms with Gasteiger partial charge >= 0.3 is 5.97 Å². The van der Waals surface area contributed by atoms with E-state index in [0.717, 1.165) is 18.6 Å². The molecule has 0 amide bonds. The maximum absolute atomic E-state index is 14.0. The summed E-state index contributed by atoms with van der Waals surface area (Å²) in [6.07, 6.45) is 0.762. The summed E-state index contributed by atoms with van der Waals surface area (Å²) in [7, 11) is 0. The van der Waals surface area contributed by atoms with Crippen molar-refractivity contribution in [2.45, 2.75) is 45.7 Å². The minimum Gasteiger partial charge on any atom is -0.464 e. The Bertz CT molecular complexity index is 479. The summed E-state index contributed by atoms with van der Waals surface area (Å²) < 4.78 is 32.1. The number of carbonyl (C=O) groups is 1. The number of hydrogen-bond acceptors (Lipinski definition) is 3. The van der Waals surface area contributed by atoms with E-state index < -0.39 is 23.1 Å². The molecule has 0 aliphatic heterocycles. The molecular formula is C15H21F2NO2. The summed E-state index contributed by atoms with van der Waals surface area (Å²) in [4.78, 5) is 12.2. The van der Waals surface area contributed by atoms with Crippen molar-refractivity contribution in [3.05, 3.63) is 35.4 Å². The van der Waals surface area contributed by atoms with Crippen molar-refractivity contribution in [2.24, 2.45) is 0 Å². The van der Waals surface area contributed by atoms with E-state index in [4.69, 9.17) is 4.74 Å². The van der Waals surface area contributed by atoms with E-state index in [1.165, 1.54) is 6.07 Å². The van der Waals surface area contributed by atoms with Gasteiger partial charge in [0, 0.05) is 17.7 Å². The molecule has 0 fully saturated rings. The monoisotopic (exact) mass is 285 g/mol. The molecule has 0 saturated carbocycles. The molecule has 1 N–H and O–H groups in total. The number of hydrogen-bond donors (Lipinski definition) is 1. The molecule has 112 valence electrons. The fourth-order valence-electron chi connectivity index (χ4n) is 2.01. The topological polar surface area (TPSA) is 38.3 Å². The van der Waals surface area contributed by atoms with Crippen molar-refractivity contribution < 1.29 is 18.3 Å². The predicted octanol–water partition coefficient (Wildman–Crippen LogP) is 3.13. The number of benzene rings is 1. The van der Waals surface area contributed by atoms with Gasteiger partial charge in [-0.2, -0.15) is 0 Å². The highest BCUT2D eigenvalue weighted by Gasteiger charge is 2.39. The highest BCUT2D eigenvalue weighted by Crippen LogP contribution is 2.27. The molecule has 3 nitrogen and oxygen atoms in total. The van der Waals surface area contributed by atoms with E-state index in [-0.39, 0.29) is 18.2 Å². The molecule has 0 saturated heterocycles. The van der Waals surface area contributed by atoms with Gasteiger partial charge in [0.2, 0.25) is 0 Å². The zero-order valence-corrected chi connectivity index (χ0v) is 12.3. The van der Waals surface area contributed by atoms with Crippen LogP contribution in [0.5, 0.6) is 0 Å². The smallest absolute Gasteiger partial charge is 0.330 e. The minimum absolute atomic E-state index is 0.0196. The summed E-state index contributed by atoms with van der Waals surface area (Å²) in [5, 5.41) is 3.07. The third kappa shape index (κ3) is 3.54. The zero-order valence-electron chi connectivity index (χ0n) is 12.3. The molecule has 0 aliphatic carbocycles. The predicted molar refractivity (Wildman–Crippen MR) is 73.2 cm³/mol. The summed E-state index contributed by atoms with van der Waals surface area (Å²) in [6.45, 7) is 7.26. The van der Waals surface area contributed by atoms with Gasteiger partial charge in [-0.05, 0) is 33.3 Å². The summed E-state index contributed by atoms with van der Waals surface area (Å²) in [5.41, 5.74) is -1.26. The van der Waals surface area contributed by atoms with Crippen LogP contribution >= 0.6 is 0 Å². The van der Waals surface area contributed by atoms with Crippen LogP contribution in [0.3, 0.4) is 0 Å². The molecule has 0 bridgehead atoms. The van der Waals surface area contributed by atoms with E-state index in [2.05, 4.69) is 5.32 Å². The fourth-order valence-corrected chi connectivity index (χ4v) is 2.01. The van der Waals surface area contributed by atoms with E-state index in [0.29, 0.717) is 0 Å². The van der Waals surface area contributed by atoms with Crippen molar-refractivity contribution in [3.8, 4) is 0 Å². The molecule has 0 heterocycles. The zero-order chi connectivity index (χ0) is 15.3. The average molecular weight is 285 g/mol. The van der Waals surface area contributed by atoms with Gasteiger partial charge in [-0.3, -0.25) is 5.32 Å². The summed E-state index contributed by atoms with van der Waals surface area (Å²) >= 11 is 0. The quantitative estimate of drug-likeness (QED) is 0.816. The van der Waals surface area contributed by atoms with Gasteiger partial charge in [-0.1, -0.05) is 13.0 Å². The lowest BCUT2D eigenvalue weighted by molar-refractivity contribution is -0.151. The third-order valence-corrected chi connectivity index (χ3v) is 3.30. The van der Waals surface area contributed by atoms with Crippen LogP contribution < -0.4 is 5.32 Å². The highest BCUT2D eigenvalue weighted by molar-refractivity contribution is 5.82. The van der Waals surface area contributed by atoms with E-state index in [9.17, 15) is 13.6 Å². The molecule has 2 unspecified atom stereocenters. The molecule has 0 spiro atoms. The maximum Gasteiger partial charge on any atom is 0.330 e. The lowest BCUT2D eigenvalue weighted by Crippen LogP contribution is -2.51. The van der Waals surface area contributed by atoms with Crippen molar-refractivity contribution in [3.63, 3.8) is 0 Å². The molecule has 1 aromatic rings.